The molecule has 0 aliphatic carbocycles. The Kier molecular flexibility index (Phi) is 4.66. The number of hydrogen-bond acceptors (Lipinski definition) is 1. The SMILES string of the molecule is O.Oc1c(F)c(F)c(-c2c(F)c(F)cc(F)c2F)c(F)c1F. The monoisotopic (exact) mass is 332 g/mol. The van der Waals surface area contributed by atoms with Crippen LogP contribution in [-0.4, -0.2) is 10.6 Å². The predicted octanol–water partition coefficient (Wildman–Crippen LogP) is 3.35. The standard InChI is InChI=1S/C12H2F8O.H2O/c13-2-1-3(14)7(16)4(6(2)15)5-8(17)10(19)12(21)11(20)9(5)18;/h1,21H;1H2. The third-order valence-electron chi connectivity index (χ3n) is 2.60. The third-order valence-corrected chi connectivity index (χ3v) is 2.60. The first kappa shape index (κ1) is 17.7. The molecule has 0 spiro atoms. The van der Waals surface area contributed by atoms with Crippen molar-refractivity contribution >= 4 is 0 Å². The van der Waals surface area contributed by atoms with Crippen molar-refractivity contribution in [3.8, 4) is 16.9 Å². The number of halogens is 8. The Hall–Kier alpha value is -2.36. The molecule has 2 nitrogen and oxygen atoms in total. The third kappa shape index (κ3) is 2.34. The second-order valence-corrected chi connectivity index (χ2v) is 3.82. The number of hydrogen-bond donors (Lipinski definition) is 1. The van der Waals surface area contributed by atoms with Gasteiger partial charge in [0.1, 0.15) is 0 Å². The lowest BCUT2D eigenvalue weighted by molar-refractivity contribution is 0.357. The highest BCUT2D eigenvalue weighted by Crippen LogP contribution is 2.38. The van der Waals surface area contributed by atoms with Crippen molar-refractivity contribution in [2.75, 3.05) is 0 Å². The number of benzene rings is 2. The van der Waals surface area contributed by atoms with Crippen molar-refractivity contribution in [3.63, 3.8) is 0 Å². The topological polar surface area (TPSA) is 51.7 Å². The minimum Gasteiger partial charge on any atom is -0.503 e. The van der Waals surface area contributed by atoms with E-state index in [1.165, 1.54) is 0 Å². The van der Waals surface area contributed by atoms with Crippen LogP contribution in [0.15, 0.2) is 6.07 Å². The highest BCUT2D eigenvalue weighted by Gasteiger charge is 2.31. The highest BCUT2D eigenvalue weighted by atomic mass is 19.2. The lowest BCUT2D eigenvalue weighted by Crippen LogP contribution is -2.06. The Labute approximate surface area is 116 Å². The largest absolute Gasteiger partial charge is 0.503 e. The Bertz CT molecular complexity index is 705. The quantitative estimate of drug-likeness (QED) is 0.632. The molecule has 22 heavy (non-hydrogen) atoms. The normalized spacial score (nSPS) is 10.5. The Morgan fingerprint density at radius 1 is 0.545 bits per heavy atom. The van der Waals surface area contributed by atoms with Crippen LogP contribution in [0.3, 0.4) is 0 Å². The first-order valence-electron chi connectivity index (χ1n) is 5.06. The number of aromatic hydroxyl groups is 1. The molecule has 0 aliphatic rings. The van der Waals surface area contributed by atoms with Gasteiger partial charge in [0.05, 0.1) is 11.1 Å². The van der Waals surface area contributed by atoms with Crippen LogP contribution in [-0.2, 0) is 0 Å². The van der Waals surface area contributed by atoms with Crippen LogP contribution in [0.2, 0.25) is 0 Å². The molecular formula is C12H4F8O2. The second-order valence-electron chi connectivity index (χ2n) is 3.82. The van der Waals surface area contributed by atoms with Crippen LogP contribution in [0.5, 0.6) is 5.75 Å². The maximum absolute atomic E-state index is 13.5. The molecule has 0 bridgehead atoms. The van der Waals surface area contributed by atoms with Crippen LogP contribution in [0, 0.1) is 46.5 Å². The molecular weight excluding hydrogens is 328 g/mol. The van der Waals surface area contributed by atoms with E-state index in [1.54, 1.807) is 0 Å². The summed E-state index contributed by atoms with van der Waals surface area (Å²) in [6, 6.07) is -0.253. The van der Waals surface area contributed by atoms with Crippen LogP contribution in [0.25, 0.3) is 11.1 Å². The van der Waals surface area contributed by atoms with E-state index in [1.807, 2.05) is 0 Å². The van der Waals surface area contributed by atoms with Crippen molar-refractivity contribution < 1.29 is 45.7 Å². The van der Waals surface area contributed by atoms with Gasteiger partial charge in [0.2, 0.25) is 11.6 Å². The fourth-order valence-corrected chi connectivity index (χ4v) is 1.63. The smallest absolute Gasteiger partial charge is 0.204 e. The van der Waals surface area contributed by atoms with Crippen molar-refractivity contribution in [1.82, 2.24) is 0 Å². The summed E-state index contributed by atoms with van der Waals surface area (Å²) in [7, 11) is 0. The molecule has 10 heteroatoms. The van der Waals surface area contributed by atoms with Gasteiger partial charge in [0, 0.05) is 6.07 Å². The van der Waals surface area contributed by atoms with Gasteiger partial charge in [-0.05, 0) is 0 Å². The summed E-state index contributed by atoms with van der Waals surface area (Å²) in [5.74, 6) is -20.2. The van der Waals surface area contributed by atoms with Gasteiger partial charge in [-0.3, -0.25) is 0 Å². The van der Waals surface area contributed by atoms with E-state index in [0.29, 0.717) is 0 Å². The summed E-state index contributed by atoms with van der Waals surface area (Å²) in [5, 5.41) is 8.72. The average Bonchev–Trinajstić information content (AvgIpc) is 2.44. The Morgan fingerprint density at radius 3 is 1.23 bits per heavy atom. The minimum atomic E-state index is -2.41. The van der Waals surface area contributed by atoms with Crippen LogP contribution in [0.1, 0.15) is 0 Å². The molecule has 2 rings (SSSR count). The van der Waals surface area contributed by atoms with Crippen molar-refractivity contribution in [3.05, 3.63) is 52.6 Å². The maximum Gasteiger partial charge on any atom is 0.204 e. The van der Waals surface area contributed by atoms with Crippen molar-refractivity contribution in [2.24, 2.45) is 0 Å². The first-order chi connectivity index (χ1) is 9.68. The molecule has 0 radical (unpaired) electrons. The Balaban J connectivity index is 0.00000242. The molecule has 0 atom stereocenters. The summed E-state index contributed by atoms with van der Waals surface area (Å²) in [6.07, 6.45) is 0. The Morgan fingerprint density at radius 2 is 0.864 bits per heavy atom. The van der Waals surface area contributed by atoms with Gasteiger partial charge >= 0.3 is 0 Å². The lowest BCUT2D eigenvalue weighted by Gasteiger charge is -2.11. The van der Waals surface area contributed by atoms with Crippen LogP contribution >= 0.6 is 0 Å². The summed E-state index contributed by atoms with van der Waals surface area (Å²) < 4.78 is 106. The highest BCUT2D eigenvalue weighted by molar-refractivity contribution is 5.68. The van der Waals surface area contributed by atoms with E-state index in [2.05, 4.69) is 0 Å². The number of phenolic OH excluding ortho intramolecular Hbond substituents is 1. The van der Waals surface area contributed by atoms with Gasteiger partial charge in [-0.1, -0.05) is 0 Å². The van der Waals surface area contributed by atoms with E-state index in [9.17, 15) is 35.1 Å². The maximum atomic E-state index is 13.5. The van der Waals surface area contributed by atoms with Gasteiger partial charge in [-0.2, -0.15) is 8.78 Å². The molecule has 3 N–H and O–H groups in total. The number of phenols is 1. The zero-order chi connectivity index (χ0) is 16.1. The molecule has 0 saturated carbocycles. The van der Waals surface area contributed by atoms with Gasteiger partial charge in [-0.25, -0.2) is 26.3 Å². The lowest BCUT2D eigenvalue weighted by atomic mass is 10.0. The summed E-state index contributed by atoms with van der Waals surface area (Å²) in [6.45, 7) is 0. The molecule has 2 aromatic carbocycles. The fraction of sp³-hybridized carbons (Fsp3) is 0. The first-order valence-corrected chi connectivity index (χ1v) is 5.06. The second kappa shape index (κ2) is 5.79. The summed E-state index contributed by atoms with van der Waals surface area (Å²) in [4.78, 5) is 0. The zero-order valence-corrected chi connectivity index (χ0v) is 10.0. The molecule has 120 valence electrons. The van der Waals surface area contributed by atoms with Crippen LogP contribution in [0.4, 0.5) is 35.1 Å². The molecule has 0 saturated heterocycles. The molecule has 2 aromatic rings. The van der Waals surface area contributed by atoms with Gasteiger partial charge < -0.3 is 10.6 Å². The minimum absolute atomic E-state index is 0. The molecule has 0 fully saturated rings. The molecule has 0 unspecified atom stereocenters. The summed E-state index contributed by atoms with van der Waals surface area (Å²) in [5.41, 5.74) is -3.99. The predicted molar refractivity (Wildman–Crippen MR) is 56.8 cm³/mol. The van der Waals surface area contributed by atoms with Crippen molar-refractivity contribution in [1.29, 1.82) is 0 Å². The molecule has 0 amide bonds. The number of rotatable bonds is 1. The average molecular weight is 332 g/mol. The van der Waals surface area contributed by atoms with Gasteiger partial charge in [-0.15, -0.1) is 0 Å². The van der Waals surface area contributed by atoms with E-state index in [0.717, 1.165) is 0 Å². The zero-order valence-electron chi connectivity index (χ0n) is 10.0. The van der Waals surface area contributed by atoms with E-state index in [-0.39, 0.29) is 11.5 Å². The summed E-state index contributed by atoms with van der Waals surface area (Å²) >= 11 is 0. The van der Waals surface area contributed by atoms with Crippen LogP contribution < -0.4 is 0 Å². The molecule has 0 heterocycles. The molecule has 0 aliphatic heterocycles. The van der Waals surface area contributed by atoms with Crippen molar-refractivity contribution in [2.45, 2.75) is 0 Å². The van der Waals surface area contributed by atoms with E-state index < -0.39 is 63.4 Å². The fourth-order valence-electron chi connectivity index (χ4n) is 1.63. The van der Waals surface area contributed by atoms with E-state index >= 15 is 0 Å². The van der Waals surface area contributed by atoms with Gasteiger partial charge in [0.25, 0.3) is 0 Å². The molecule has 0 aromatic heterocycles. The van der Waals surface area contributed by atoms with E-state index in [4.69, 9.17) is 5.11 Å². The van der Waals surface area contributed by atoms with Gasteiger partial charge in [0.15, 0.2) is 40.7 Å².